The molecule has 0 bridgehead atoms. The minimum atomic E-state index is -0.166. The summed E-state index contributed by atoms with van der Waals surface area (Å²) in [6, 6.07) is 0.308. The Morgan fingerprint density at radius 2 is 2.05 bits per heavy atom. The first kappa shape index (κ1) is 17.1. The summed E-state index contributed by atoms with van der Waals surface area (Å²) in [5, 5.41) is 11.9. The smallest absolute Gasteiger partial charge is 0.230 e. The number of thioether (sulfide) groups is 1. The van der Waals surface area contributed by atoms with Gasteiger partial charge in [0.15, 0.2) is 5.82 Å². The van der Waals surface area contributed by atoms with Crippen LogP contribution in [-0.4, -0.2) is 32.6 Å². The molecule has 7 heteroatoms. The van der Waals surface area contributed by atoms with Gasteiger partial charge in [-0.1, -0.05) is 52.3 Å². The molecule has 1 heterocycles. The van der Waals surface area contributed by atoms with Crippen molar-refractivity contribution in [3.05, 3.63) is 5.82 Å². The van der Waals surface area contributed by atoms with Gasteiger partial charge in [-0.2, -0.15) is 0 Å². The molecule has 2 atom stereocenters. The molecule has 1 aromatic heterocycles. The monoisotopic (exact) mass is 325 g/mol. The summed E-state index contributed by atoms with van der Waals surface area (Å²) in [7, 11) is 0. The second kappa shape index (κ2) is 6.89. The van der Waals surface area contributed by atoms with Gasteiger partial charge in [0, 0.05) is 11.5 Å². The highest BCUT2D eigenvalue weighted by Crippen LogP contribution is 2.25. The van der Waals surface area contributed by atoms with Gasteiger partial charge >= 0.3 is 0 Å². The van der Waals surface area contributed by atoms with Crippen molar-refractivity contribution in [2.75, 3.05) is 11.6 Å². The number of aromatic nitrogens is 3. The predicted molar refractivity (Wildman–Crippen MR) is 89.2 cm³/mol. The first-order chi connectivity index (χ1) is 10.3. The molecule has 1 aliphatic carbocycles. The summed E-state index contributed by atoms with van der Waals surface area (Å²) >= 11 is 1.33. The van der Waals surface area contributed by atoms with Crippen LogP contribution in [0.5, 0.6) is 0 Å². The van der Waals surface area contributed by atoms with E-state index in [-0.39, 0.29) is 11.3 Å². The third kappa shape index (κ3) is 4.15. The summed E-state index contributed by atoms with van der Waals surface area (Å²) in [5.41, 5.74) is -0.166. The minimum Gasteiger partial charge on any atom is -0.352 e. The summed E-state index contributed by atoms with van der Waals surface area (Å²) in [6.45, 7) is 8.31. The van der Waals surface area contributed by atoms with Crippen LogP contribution in [0.4, 0.5) is 0 Å². The highest BCUT2D eigenvalue weighted by molar-refractivity contribution is 7.99. The Morgan fingerprint density at radius 1 is 1.36 bits per heavy atom. The lowest BCUT2D eigenvalue weighted by Crippen LogP contribution is -2.41. The number of carbonyl (C=O) groups excluding carboxylic acids is 1. The Morgan fingerprint density at radius 3 is 2.64 bits per heavy atom. The largest absolute Gasteiger partial charge is 0.352 e. The van der Waals surface area contributed by atoms with Gasteiger partial charge < -0.3 is 11.2 Å². The van der Waals surface area contributed by atoms with Crippen molar-refractivity contribution in [1.82, 2.24) is 20.2 Å². The molecule has 0 spiro atoms. The van der Waals surface area contributed by atoms with Gasteiger partial charge in [-0.05, 0) is 18.8 Å². The molecule has 0 aliphatic heterocycles. The maximum atomic E-state index is 12.1. The van der Waals surface area contributed by atoms with Crippen LogP contribution < -0.4 is 11.2 Å². The Kier molecular flexibility index (Phi) is 5.36. The molecule has 1 aromatic rings. The van der Waals surface area contributed by atoms with E-state index in [1.807, 2.05) is 20.8 Å². The fourth-order valence-electron chi connectivity index (χ4n) is 2.80. The maximum Gasteiger partial charge on any atom is 0.230 e. The molecule has 2 rings (SSSR count). The molecule has 1 fully saturated rings. The maximum absolute atomic E-state index is 12.1. The van der Waals surface area contributed by atoms with Gasteiger partial charge in [0.2, 0.25) is 11.1 Å². The van der Waals surface area contributed by atoms with Crippen molar-refractivity contribution in [2.45, 2.75) is 70.0 Å². The molecular formula is C15H27N5OS. The molecule has 0 aromatic carbocycles. The van der Waals surface area contributed by atoms with Crippen LogP contribution in [0.15, 0.2) is 5.16 Å². The van der Waals surface area contributed by atoms with Crippen LogP contribution in [0.2, 0.25) is 0 Å². The van der Waals surface area contributed by atoms with Crippen molar-refractivity contribution in [3.63, 3.8) is 0 Å². The fourth-order valence-corrected chi connectivity index (χ4v) is 3.46. The van der Waals surface area contributed by atoms with Gasteiger partial charge in [0.05, 0.1) is 5.75 Å². The van der Waals surface area contributed by atoms with E-state index < -0.39 is 0 Å². The predicted octanol–water partition coefficient (Wildman–Crippen LogP) is 2.08. The van der Waals surface area contributed by atoms with Crippen LogP contribution in [0, 0.1) is 5.92 Å². The van der Waals surface area contributed by atoms with E-state index in [2.05, 4.69) is 22.4 Å². The number of nitrogens with zero attached hydrogens (tertiary/aromatic N) is 3. The van der Waals surface area contributed by atoms with Crippen LogP contribution in [0.3, 0.4) is 0 Å². The average molecular weight is 325 g/mol. The lowest BCUT2D eigenvalue weighted by atomic mass is 9.86. The van der Waals surface area contributed by atoms with Crippen molar-refractivity contribution in [1.29, 1.82) is 0 Å². The van der Waals surface area contributed by atoms with Crippen molar-refractivity contribution < 1.29 is 4.79 Å². The van der Waals surface area contributed by atoms with Crippen molar-refractivity contribution in [2.24, 2.45) is 5.92 Å². The lowest BCUT2D eigenvalue weighted by molar-refractivity contribution is -0.119. The highest BCUT2D eigenvalue weighted by atomic mass is 32.2. The SMILES string of the molecule is C[C@@H]1CCCC[C@@H]1NC(=O)CSc1nnc(C(C)(C)C)n1N. The van der Waals surface area contributed by atoms with Crippen molar-refractivity contribution >= 4 is 17.7 Å². The third-order valence-corrected chi connectivity index (χ3v) is 5.07. The first-order valence-electron chi connectivity index (χ1n) is 7.92. The average Bonchev–Trinajstić information content (AvgIpc) is 2.80. The number of rotatable bonds is 4. The summed E-state index contributed by atoms with van der Waals surface area (Å²) in [5.74, 6) is 7.67. The second-order valence-electron chi connectivity index (χ2n) is 7.15. The molecule has 1 aliphatic rings. The Labute approximate surface area is 136 Å². The highest BCUT2D eigenvalue weighted by Gasteiger charge is 2.25. The van der Waals surface area contributed by atoms with Crippen molar-refractivity contribution in [3.8, 4) is 0 Å². The van der Waals surface area contributed by atoms with Crippen LogP contribution in [0.1, 0.15) is 59.2 Å². The molecule has 22 heavy (non-hydrogen) atoms. The molecule has 0 unspecified atom stereocenters. The molecular weight excluding hydrogens is 298 g/mol. The van der Waals surface area contributed by atoms with Gasteiger partial charge in [0.25, 0.3) is 0 Å². The normalized spacial score (nSPS) is 22.5. The van der Waals surface area contributed by atoms with E-state index in [1.165, 1.54) is 35.7 Å². The number of nitrogens with two attached hydrogens (primary N) is 1. The summed E-state index contributed by atoms with van der Waals surface area (Å²) < 4.78 is 1.49. The van der Waals surface area contributed by atoms with Gasteiger partial charge in [0.1, 0.15) is 0 Å². The number of amides is 1. The fraction of sp³-hybridized carbons (Fsp3) is 0.800. The zero-order chi connectivity index (χ0) is 16.3. The molecule has 124 valence electrons. The van der Waals surface area contributed by atoms with Crippen LogP contribution in [-0.2, 0) is 10.2 Å². The molecule has 6 nitrogen and oxygen atoms in total. The van der Waals surface area contributed by atoms with Gasteiger partial charge in [-0.3, -0.25) is 4.79 Å². The van der Waals surface area contributed by atoms with E-state index >= 15 is 0 Å². The van der Waals surface area contributed by atoms with E-state index in [9.17, 15) is 4.79 Å². The number of hydrogen-bond acceptors (Lipinski definition) is 5. The quantitative estimate of drug-likeness (QED) is 0.654. The van der Waals surface area contributed by atoms with E-state index in [0.29, 0.717) is 22.9 Å². The zero-order valence-electron chi connectivity index (χ0n) is 13.9. The topological polar surface area (TPSA) is 85.8 Å². The molecule has 0 saturated heterocycles. The molecule has 1 saturated carbocycles. The van der Waals surface area contributed by atoms with Gasteiger partial charge in [-0.25, -0.2) is 4.68 Å². The minimum absolute atomic E-state index is 0.0454. The molecule has 3 N–H and O–H groups in total. The standard InChI is InChI=1S/C15H27N5OS/c1-10-7-5-6-8-11(10)17-12(21)9-22-14-19-18-13(20(14)16)15(2,3)4/h10-11H,5-9,16H2,1-4H3,(H,17,21)/t10-,11+/m1/s1. The summed E-state index contributed by atoms with van der Waals surface area (Å²) in [6.07, 6.45) is 4.76. The third-order valence-electron chi connectivity index (χ3n) is 4.13. The molecule has 1 amide bonds. The number of carbonyl (C=O) groups is 1. The molecule has 0 radical (unpaired) electrons. The Hall–Kier alpha value is -1.24. The Balaban J connectivity index is 1.87. The zero-order valence-corrected chi connectivity index (χ0v) is 14.7. The van der Waals surface area contributed by atoms with E-state index in [1.54, 1.807) is 0 Å². The number of hydrogen-bond donors (Lipinski definition) is 2. The first-order valence-corrected chi connectivity index (χ1v) is 8.90. The van der Waals surface area contributed by atoms with Crippen LogP contribution in [0.25, 0.3) is 0 Å². The van der Waals surface area contributed by atoms with E-state index in [4.69, 9.17) is 5.84 Å². The van der Waals surface area contributed by atoms with Crippen LogP contribution >= 0.6 is 11.8 Å². The van der Waals surface area contributed by atoms with Gasteiger partial charge in [-0.15, -0.1) is 10.2 Å². The Bertz CT molecular complexity index is 522. The number of nitrogens with one attached hydrogen (secondary N) is 1. The number of nitrogen functional groups attached to an aromatic ring is 1. The second-order valence-corrected chi connectivity index (χ2v) is 8.09. The lowest BCUT2D eigenvalue weighted by Gasteiger charge is -2.29. The van der Waals surface area contributed by atoms with E-state index in [0.717, 1.165) is 12.2 Å². The summed E-state index contributed by atoms with van der Waals surface area (Å²) in [4.78, 5) is 12.1.